The number of thiophene rings is 1. The lowest BCUT2D eigenvalue weighted by atomic mass is 10.4. The standard InChI is InChI=1S/C7H7N3S.2ClH/c8-6-2-1-5-4(10-6)3-7(9)11-5;;/h1-3H,9H2,(H2,8,10);2*1H. The van der Waals surface area contributed by atoms with Gasteiger partial charge < -0.3 is 11.5 Å². The van der Waals surface area contributed by atoms with Gasteiger partial charge in [-0.3, -0.25) is 0 Å². The van der Waals surface area contributed by atoms with Gasteiger partial charge in [-0.1, -0.05) is 0 Å². The second-order valence-electron chi connectivity index (χ2n) is 2.27. The van der Waals surface area contributed by atoms with E-state index in [-0.39, 0.29) is 24.8 Å². The van der Waals surface area contributed by atoms with Crippen molar-refractivity contribution in [2.75, 3.05) is 11.5 Å². The van der Waals surface area contributed by atoms with Gasteiger partial charge in [-0.15, -0.1) is 36.2 Å². The molecule has 0 aliphatic rings. The number of pyridine rings is 1. The Morgan fingerprint density at radius 2 is 1.85 bits per heavy atom. The Labute approximate surface area is 92.0 Å². The van der Waals surface area contributed by atoms with E-state index in [1.54, 1.807) is 6.07 Å². The maximum atomic E-state index is 5.58. The molecule has 0 amide bonds. The van der Waals surface area contributed by atoms with E-state index in [4.69, 9.17) is 11.5 Å². The van der Waals surface area contributed by atoms with Crippen molar-refractivity contribution in [1.82, 2.24) is 4.98 Å². The molecular formula is C7H9Cl2N3S. The minimum Gasteiger partial charge on any atom is -0.391 e. The fourth-order valence-corrected chi connectivity index (χ4v) is 1.73. The third-order valence-electron chi connectivity index (χ3n) is 1.41. The van der Waals surface area contributed by atoms with Crippen molar-refractivity contribution < 1.29 is 0 Å². The van der Waals surface area contributed by atoms with E-state index < -0.39 is 0 Å². The maximum Gasteiger partial charge on any atom is 0.124 e. The Balaban J connectivity index is 0.000000720. The number of anilines is 2. The van der Waals surface area contributed by atoms with Gasteiger partial charge in [0.2, 0.25) is 0 Å². The monoisotopic (exact) mass is 237 g/mol. The molecule has 3 nitrogen and oxygen atoms in total. The van der Waals surface area contributed by atoms with E-state index in [2.05, 4.69) is 4.98 Å². The fraction of sp³-hybridized carbons (Fsp3) is 0. The molecule has 0 spiro atoms. The number of rotatable bonds is 0. The predicted molar refractivity (Wildman–Crippen MR) is 62.9 cm³/mol. The van der Waals surface area contributed by atoms with Crippen molar-refractivity contribution in [1.29, 1.82) is 0 Å². The molecule has 6 heteroatoms. The van der Waals surface area contributed by atoms with E-state index >= 15 is 0 Å². The van der Waals surface area contributed by atoms with Crippen molar-refractivity contribution in [2.45, 2.75) is 0 Å². The summed E-state index contributed by atoms with van der Waals surface area (Å²) in [7, 11) is 0. The Kier molecular flexibility index (Phi) is 4.26. The number of nitrogens with zero attached hydrogens (tertiary/aromatic N) is 1. The molecule has 2 rings (SSSR count). The topological polar surface area (TPSA) is 64.9 Å². The number of hydrogen-bond acceptors (Lipinski definition) is 4. The van der Waals surface area contributed by atoms with E-state index in [0.29, 0.717) is 5.82 Å². The summed E-state index contributed by atoms with van der Waals surface area (Å²) in [6, 6.07) is 5.54. The normalized spacial score (nSPS) is 8.92. The van der Waals surface area contributed by atoms with Crippen LogP contribution in [0.4, 0.5) is 10.8 Å². The van der Waals surface area contributed by atoms with E-state index in [1.165, 1.54) is 11.3 Å². The maximum absolute atomic E-state index is 5.58. The van der Waals surface area contributed by atoms with Gasteiger partial charge in [0.1, 0.15) is 5.82 Å². The highest BCUT2D eigenvalue weighted by Gasteiger charge is 1.98. The Bertz CT molecular complexity index is 402. The first-order valence-corrected chi connectivity index (χ1v) is 3.99. The number of halogens is 2. The average molecular weight is 238 g/mol. The van der Waals surface area contributed by atoms with Gasteiger partial charge in [0.25, 0.3) is 0 Å². The molecule has 0 atom stereocenters. The SMILES string of the molecule is Cl.Cl.Nc1ccc2sc(N)cc2n1. The van der Waals surface area contributed by atoms with Crippen LogP contribution in [-0.4, -0.2) is 4.98 Å². The lowest BCUT2D eigenvalue weighted by molar-refractivity contribution is 1.43. The molecule has 0 aromatic carbocycles. The fourth-order valence-electron chi connectivity index (χ4n) is 0.959. The van der Waals surface area contributed by atoms with Crippen LogP contribution in [0.15, 0.2) is 18.2 Å². The Morgan fingerprint density at radius 1 is 1.15 bits per heavy atom. The summed E-state index contributed by atoms with van der Waals surface area (Å²) < 4.78 is 1.08. The molecule has 0 saturated heterocycles. The highest BCUT2D eigenvalue weighted by atomic mass is 35.5. The molecule has 72 valence electrons. The van der Waals surface area contributed by atoms with Crippen LogP contribution < -0.4 is 11.5 Å². The molecule has 2 heterocycles. The molecule has 13 heavy (non-hydrogen) atoms. The predicted octanol–water partition coefficient (Wildman–Crippen LogP) is 2.30. The van der Waals surface area contributed by atoms with Crippen LogP contribution in [0.2, 0.25) is 0 Å². The zero-order valence-corrected chi connectivity index (χ0v) is 9.01. The molecule has 4 N–H and O–H groups in total. The zero-order chi connectivity index (χ0) is 7.84. The van der Waals surface area contributed by atoms with Gasteiger partial charge in [0.15, 0.2) is 0 Å². The van der Waals surface area contributed by atoms with Gasteiger partial charge in [-0.05, 0) is 18.2 Å². The zero-order valence-electron chi connectivity index (χ0n) is 6.56. The minimum absolute atomic E-state index is 0. The quantitative estimate of drug-likeness (QED) is 0.740. The van der Waals surface area contributed by atoms with Crippen LogP contribution >= 0.6 is 36.2 Å². The van der Waals surface area contributed by atoms with Gasteiger partial charge >= 0.3 is 0 Å². The lowest BCUT2D eigenvalue weighted by Crippen LogP contribution is -1.86. The largest absolute Gasteiger partial charge is 0.391 e. The van der Waals surface area contributed by atoms with Crippen molar-refractivity contribution in [3.8, 4) is 0 Å². The second kappa shape index (κ2) is 4.50. The first-order valence-electron chi connectivity index (χ1n) is 3.17. The van der Waals surface area contributed by atoms with Gasteiger partial charge in [0, 0.05) is 0 Å². The van der Waals surface area contributed by atoms with Gasteiger partial charge in [-0.2, -0.15) is 0 Å². The lowest BCUT2D eigenvalue weighted by Gasteiger charge is -1.89. The van der Waals surface area contributed by atoms with E-state index in [9.17, 15) is 0 Å². The van der Waals surface area contributed by atoms with Crippen LogP contribution in [0.25, 0.3) is 10.2 Å². The van der Waals surface area contributed by atoms with Crippen molar-refractivity contribution >= 4 is 57.2 Å². The van der Waals surface area contributed by atoms with Crippen molar-refractivity contribution in [3.63, 3.8) is 0 Å². The highest BCUT2D eigenvalue weighted by molar-refractivity contribution is 7.22. The summed E-state index contributed by atoms with van der Waals surface area (Å²) in [6.07, 6.45) is 0. The van der Waals surface area contributed by atoms with Crippen molar-refractivity contribution in [2.24, 2.45) is 0 Å². The van der Waals surface area contributed by atoms with Crippen LogP contribution in [0, 0.1) is 0 Å². The summed E-state index contributed by atoms with van der Waals surface area (Å²) in [5, 5.41) is 0.776. The highest BCUT2D eigenvalue weighted by Crippen LogP contribution is 2.26. The minimum atomic E-state index is 0. The first-order chi connectivity index (χ1) is 5.25. The molecular weight excluding hydrogens is 229 g/mol. The molecule has 0 saturated carbocycles. The molecule has 0 radical (unpaired) electrons. The Hall–Kier alpha value is -0.710. The smallest absolute Gasteiger partial charge is 0.124 e. The number of nitrogens with two attached hydrogens (primary N) is 2. The summed E-state index contributed by atoms with van der Waals surface area (Å²) in [5.74, 6) is 0.537. The average Bonchev–Trinajstić information content (AvgIpc) is 2.27. The molecule has 0 aliphatic carbocycles. The number of nitrogen functional groups attached to an aromatic ring is 2. The number of fused-ring (bicyclic) bond motifs is 1. The first kappa shape index (κ1) is 12.3. The summed E-state index contributed by atoms with van der Waals surface area (Å²) in [5.41, 5.74) is 11.9. The van der Waals surface area contributed by atoms with Gasteiger partial charge in [0.05, 0.1) is 15.2 Å². The van der Waals surface area contributed by atoms with E-state index in [1.807, 2.05) is 12.1 Å². The van der Waals surface area contributed by atoms with Crippen molar-refractivity contribution in [3.05, 3.63) is 18.2 Å². The summed E-state index contributed by atoms with van der Waals surface area (Å²) in [4.78, 5) is 4.10. The molecule has 0 bridgehead atoms. The third kappa shape index (κ3) is 2.37. The van der Waals surface area contributed by atoms with Gasteiger partial charge in [-0.25, -0.2) is 4.98 Å². The van der Waals surface area contributed by atoms with Crippen LogP contribution in [-0.2, 0) is 0 Å². The van der Waals surface area contributed by atoms with Crippen LogP contribution in [0.1, 0.15) is 0 Å². The van der Waals surface area contributed by atoms with E-state index in [0.717, 1.165) is 15.2 Å². The molecule has 2 aromatic heterocycles. The summed E-state index contributed by atoms with van der Waals surface area (Å²) in [6.45, 7) is 0. The van der Waals surface area contributed by atoms with Crippen LogP contribution in [0.3, 0.4) is 0 Å². The number of aromatic nitrogens is 1. The third-order valence-corrected chi connectivity index (χ3v) is 2.33. The molecule has 0 aliphatic heterocycles. The molecule has 0 fully saturated rings. The summed E-state index contributed by atoms with van der Waals surface area (Å²) >= 11 is 1.52. The Morgan fingerprint density at radius 3 is 2.54 bits per heavy atom. The second-order valence-corrected chi connectivity index (χ2v) is 3.38. The molecule has 2 aromatic rings. The van der Waals surface area contributed by atoms with Crippen LogP contribution in [0.5, 0.6) is 0 Å². The number of hydrogen-bond donors (Lipinski definition) is 2. The molecule has 0 unspecified atom stereocenters.